The van der Waals surface area contributed by atoms with E-state index in [1.807, 2.05) is 11.4 Å². The number of rotatable bonds is 3. The molecule has 0 unspecified atom stereocenters. The molecule has 1 aliphatic carbocycles. The molecule has 0 amide bonds. The Bertz CT molecular complexity index is 349. The van der Waals surface area contributed by atoms with Gasteiger partial charge in [0.15, 0.2) is 5.78 Å². The van der Waals surface area contributed by atoms with Gasteiger partial charge in [0.2, 0.25) is 0 Å². The minimum Gasteiger partial charge on any atom is -0.495 e. The van der Waals surface area contributed by atoms with Crippen molar-refractivity contribution in [3.8, 4) is 5.75 Å². The predicted molar refractivity (Wildman–Crippen MR) is 66.4 cm³/mol. The number of methoxy groups -OCH3 is 1. The van der Waals surface area contributed by atoms with E-state index in [0.717, 1.165) is 23.5 Å². The minimum absolute atomic E-state index is 0.232. The van der Waals surface area contributed by atoms with Crippen LogP contribution in [0, 0.1) is 5.92 Å². The average Bonchev–Trinajstić information content (AvgIpc) is 2.61. The fourth-order valence-corrected chi connectivity index (χ4v) is 3.24. The highest BCUT2D eigenvalue weighted by molar-refractivity contribution is 7.12. The average molecular weight is 238 g/mol. The zero-order valence-corrected chi connectivity index (χ0v) is 10.5. The summed E-state index contributed by atoms with van der Waals surface area (Å²) < 4.78 is 5.22. The molecule has 0 aromatic carbocycles. The highest BCUT2D eigenvalue weighted by atomic mass is 32.1. The first-order valence-corrected chi connectivity index (χ1v) is 6.86. The third-order valence-electron chi connectivity index (χ3n) is 3.30. The third-order valence-corrected chi connectivity index (χ3v) is 4.21. The monoisotopic (exact) mass is 238 g/mol. The lowest BCUT2D eigenvalue weighted by atomic mass is 9.94. The van der Waals surface area contributed by atoms with Crippen LogP contribution in [0.4, 0.5) is 0 Å². The van der Waals surface area contributed by atoms with Crippen molar-refractivity contribution in [1.82, 2.24) is 0 Å². The van der Waals surface area contributed by atoms with Crippen molar-refractivity contribution in [2.75, 3.05) is 7.11 Å². The molecule has 1 saturated carbocycles. The van der Waals surface area contributed by atoms with Gasteiger partial charge in [-0.25, -0.2) is 0 Å². The number of hydrogen-bond donors (Lipinski definition) is 0. The lowest BCUT2D eigenvalue weighted by Crippen LogP contribution is -2.13. The quantitative estimate of drug-likeness (QED) is 0.589. The summed E-state index contributed by atoms with van der Waals surface area (Å²) in [6, 6.07) is 1.88. The molecule has 0 saturated heterocycles. The van der Waals surface area contributed by atoms with E-state index in [9.17, 15) is 4.79 Å². The van der Waals surface area contributed by atoms with Gasteiger partial charge in [-0.2, -0.15) is 0 Å². The first-order valence-electron chi connectivity index (χ1n) is 5.98. The van der Waals surface area contributed by atoms with Crippen LogP contribution >= 0.6 is 11.3 Å². The molecule has 0 atom stereocenters. The van der Waals surface area contributed by atoms with E-state index < -0.39 is 0 Å². The maximum atomic E-state index is 12.3. The summed E-state index contributed by atoms with van der Waals surface area (Å²) in [6.45, 7) is 0. The number of ketones is 1. The molecule has 0 bridgehead atoms. The van der Waals surface area contributed by atoms with Crippen LogP contribution in [0.25, 0.3) is 0 Å². The Hall–Kier alpha value is -0.830. The number of ether oxygens (including phenoxy) is 1. The van der Waals surface area contributed by atoms with E-state index in [-0.39, 0.29) is 5.92 Å². The van der Waals surface area contributed by atoms with Crippen molar-refractivity contribution in [3.05, 3.63) is 16.3 Å². The van der Waals surface area contributed by atoms with Gasteiger partial charge in [0.1, 0.15) is 10.6 Å². The van der Waals surface area contributed by atoms with E-state index in [1.165, 1.54) is 37.0 Å². The second kappa shape index (κ2) is 5.48. The number of Topliss-reactive ketones (excluding diaryl/α,β-unsaturated/α-hetero) is 1. The fraction of sp³-hybridized carbons (Fsp3) is 0.615. The van der Waals surface area contributed by atoms with Crippen molar-refractivity contribution in [2.45, 2.75) is 38.5 Å². The van der Waals surface area contributed by atoms with Gasteiger partial charge in [0.25, 0.3) is 0 Å². The van der Waals surface area contributed by atoms with Gasteiger partial charge < -0.3 is 4.74 Å². The molecular weight excluding hydrogens is 220 g/mol. The van der Waals surface area contributed by atoms with Crippen molar-refractivity contribution in [2.24, 2.45) is 5.92 Å². The summed E-state index contributed by atoms with van der Waals surface area (Å²) in [7, 11) is 1.63. The minimum atomic E-state index is 0.232. The summed E-state index contributed by atoms with van der Waals surface area (Å²) in [5.41, 5.74) is 0. The number of hydrogen-bond acceptors (Lipinski definition) is 3. The summed E-state index contributed by atoms with van der Waals surface area (Å²) in [4.78, 5) is 13.1. The van der Waals surface area contributed by atoms with E-state index in [2.05, 4.69) is 0 Å². The highest BCUT2D eigenvalue weighted by Crippen LogP contribution is 2.32. The summed E-state index contributed by atoms with van der Waals surface area (Å²) >= 11 is 1.51. The van der Waals surface area contributed by atoms with Crippen LogP contribution in [0.2, 0.25) is 0 Å². The van der Waals surface area contributed by atoms with Crippen molar-refractivity contribution >= 4 is 17.1 Å². The van der Waals surface area contributed by atoms with E-state index >= 15 is 0 Å². The van der Waals surface area contributed by atoms with Gasteiger partial charge in [-0.05, 0) is 24.3 Å². The Morgan fingerprint density at radius 1 is 1.31 bits per heavy atom. The zero-order valence-electron chi connectivity index (χ0n) is 9.70. The van der Waals surface area contributed by atoms with Gasteiger partial charge >= 0.3 is 0 Å². The Labute approximate surface area is 101 Å². The lowest BCUT2D eigenvalue weighted by molar-refractivity contribution is 0.0909. The van der Waals surface area contributed by atoms with Crippen LogP contribution in [0.5, 0.6) is 5.75 Å². The van der Waals surface area contributed by atoms with Crippen LogP contribution in [-0.4, -0.2) is 12.9 Å². The second-order valence-corrected chi connectivity index (χ2v) is 5.29. The molecular formula is C13H18O2S. The van der Waals surface area contributed by atoms with Crippen LogP contribution in [0.15, 0.2) is 11.4 Å². The molecule has 0 N–H and O–H groups in total. The molecule has 1 heterocycles. The lowest BCUT2D eigenvalue weighted by Gasteiger charge is -2.12. The Morgan fingerprint density at radius 2 is 2.00 bits per heavy atom. The van der Waals surface area contributed by atoms with Crippen molar-refractivity contribution in [3.63, 3.8) is 0 Å². The Morgan fingerprint density at radius 3 is 2.62 bits per heavy atom. The third kappa shape index (κ3) is 2.46. The van der Waals surface area contributed by atoms with Crippen LogP contribution in [0.1, 0.15) is 48.2 Å². The molecule has 2 rings (SSSR count). The maximum Gasteiger partial charge on any atom is 0.179 e. The van der Waals surface area contributed by atoms with Gasteiger partial charge in [-0.1, -0.05) is 25.7 Å². The highest BCUT2D eigenvalue weighted by Gasteiger charge is 2.24. The molecule has 2 nitrogen and oxygen atoms in total. The van der Waals surface area contributed by atoms with Crippen molar-refractivity contribution in [1.29, 1.82) is 0 Å². The Balaban J connectivity index is 2.11. The number of carbonyl (C=O) groups is 1. The molecule has 1 aromatic rings. The molecule has 1 aliphatic rings. The molecule has 3 heteroatoms. The standard InChI is InChI=1S/C13H18O2S/c1-15-11-8-9-16-13(11)12(14)10-6-4-2-3-5-7-10/h8-10H,2-7H2,1H3. The van der Waals surface area contributed by atoms with Gasteiger partial charge in [0, 0.05) is 5.92 Å². The van der Waals surface area contributed by atoms with Crippen LogP contribution < -0.4 is 4.74 Å². The molecule has 1 fully saturated rings. The van der Waals surface area contributed by atoms with Crippen LogP contribution in [0.3, 0.4) is 0 Å². The fourth-order valence-electron chi connectivity index (χ4n) is 2.36. The molecule has 88 valence electrons. The summed E-state index contributed by atoms with van der Waals surface area (Å²) in [5.74, 6) is 1.28. The smallest absolute Gasteiger partial charge is 0.179 e. The van der Waals surface area contributed by atoms with Gasteiger partial charge in [-0.15, -0.1) is 11.3 Å². The molecule has 0 spiro atoms. The number of carbonyl (C=O) groups excluding carboxylic acids is 1. The summed E-state index contributed by atoms with van der Waals surface area (Å²) in [6.07, 6.45) is 7.07. The second-order valence-electron chi connectivity index (χ2n) is 4.37. The van der Waals surface area contributed by atoms with Gasteiger partial charge in [-0.3, -0.25) is 4.79 Å². The zero-order chi connectivity index (χ0) is 11.4. The molecule has 0 radical (unpaired) electrons. The molecule has 1 aromatic heterocycles. The van der Waals surface area contributed by atoms with Crippen LogP contribution in [-0.2, 0) is 0 Å². The van der Waals surface area contributed by atoms with E-state index in [1.54, 1.807) is 7.11 Å². The number of thiophene rings is 1. The topological polar surface area (TPSA) is 26.3 Å². The SMILES string of the molecule is COc1ccsc1C(=O)C1CCCCCC1. The molecule has 16 heavy (non-hydrogen) atoms. The first kappa shape index (κ1) is 11.6. The predicted octanol–water partition coefficient (Wildman–Crippen LogP) is 3.91. The van der Waals surface area contributed by atoms with E-state index in [4.69, 9.17) is 4.74 Å². The maximum absolute atomic E-state index is 12.3. The normalized spacial score (nSPS) is 18.1. The first-order chi connectivity index (χ1) is 7.83. The van der Waals surface area contributed by atoms with E-state index in [0.29, 0.717) is 5.78 Å². The molecule has 0 aliphatic heterocycles. The van der Waals surface area contributed by atoms with Crippen molar-refractivity contribution < 1.29 is 9.53 Å². The summed E-state index contributed by atoms with van der Waals surface area (Å²) in [5, 5.41) is 1.93. The Kier molecular flexibility index (Phi) is 3.99. The van der Waals surface area contributed by atoms with Gasteiger partial charge in [0.05, 0.1) is 7.11 Å². The largest absolute Gasteiger partial charge is 0.495 e.